The Labute approximate surface area is 94.4 Å². The van der Waals surface area contributed by atoms with Crippen molar-refractivity contribution in [1.29, 1.82) is 0 Å². The Balaban J connectivity index is 2.82. The lowest BCUT2D eigenvalue weighted by molar-refractivity contribution is -0.0400. The molecule has 0 amide bonds. The molecule has 1 unspecified atom stereocenters. The number of aliphatic hydroxyl groups excluding tert-OH is 1. The van der Waals surface area contributed by atoms with Gasteiger partial charge in [0.05, 0.1) is 0 Å². The molecule has 84 valence electrons. The zero-order valence-corrected chi connectivity index (χ0v) is 8.87. The minimum Gasteiger partial charge on any atom is -0.385 e. The highest BCUT2D eigenvalue weighted by Gasteiger charge is 2.35. The standard InChI is InChI=1S/C9H7Cl2F3O/c10-6-2-1-5(7(12)4-6)3-8(15)9(11,13)14/h1-2,4,8,15H,3H2. The third kappa shape index (κ3) is 3.55. The average molecular weight is 259 g/mol. The molecule has 0 aliphatic heterocycles. The van der Waals surface area contributed by atoms with Crippen LogP contribution in [-0.4, -0.2) is 16.6 Å². The molecule has 0 spiro atoms. The summed E-state index contributed by atoms with van der Waals surface area (Å²) in [6.45, 7) is 0. The van der Waals surface area contributed by atoms with Crippen LogP contribution in [0.1, 0.15) is 5.56 Å². The molecule has 0 saturated carbocycles. The van der Waals surface area contributed by atoms with E-state index in [1.54, 1.807) is 0 Å². The molecule has 1 N–H and O–H groups in total. The van der Waals surface area contributed by atoms with Crippen molar-refractivity contribution in [3.8, 4) is 0 Å². The first-order valence-corrected chi connectivity index (χ1v) is 4.75. The van der Waals surface area contributed by atoms with Gasteiger partial charge in [0.2, 0.25) is 0 Å². The molecule has 1 aromatic rings. The lowest BCUT2D eigenvalue weighted by Gasteiger charge is -2.16. The molecule has 0 aliphatic carbocycles. The third-order valence-electron chi connectivity index (χ3n) is 1.81. The van der Waals surface area contributed by atoms with Gasteiger partial charge in [-0.1, -0.05) is 17.7 Å². The number of halogens is 5. The van der Waals surface area contributed by atoms with Gasteiger partial charge in [0.1, 0.15) is 11.9 Å². The summed E-state index contributed by atoms with van der Waals surface area (Å²) in [7, 11) is 0. The van der Waals surface area contributed by atoms with Gasteiger partial charge in [-0.2, -0.15) is 8.78 Å². The Kier molecular flexibility index (Phi) is 3.87. The molecule has 0 radical (unpaired) electrons. The maximum absolute atomic E-state index is 13.1. The molecule has 1 atom stereocenters. The van der Waals surface area contributed by atoms with E-state index in [0.717, 1.165) is 6.07 Å². The zero-order valence-electron chi connectivity index (χ0n) is 7.35. The number of hydrogen-bond donors (Lipinski definition) is 1. The van der Waals surface area contributed by atoms with Crippen molar-refractivity contribution in [1.82, 2.24) is 0 Å². The first kappa shape index (κ1) is 12.6. The second-order valence-electron chi connectivity index (χ2n) is 3.00. The summed E-state index contributed by atoms with van der Waals surface area (Å²) in [4.78, 5) is 0. The lowest BCUT2D eigenvalue weighted by Crippen LogP contribution is -2.29. The first-order valence-electron chi connectivity index (χ1n) is 3.99. The Morgan fingerprint density at radius 2 is 2.00 bits per heavy atom. The largest absolute Gasteiger partial charge is 0.385 e. The van der Waals surface area contributed by atoms with Crippen LogP contribution in [0.25, 0.3) is 0 Å². The number of benzene rings is 1. The van der Waals surface area contributed by atoms with E-state index in [1.165, 1.54) is 12.1 Å². The summed E-state index contributed by atoms with van der Waals surface area (Å²) in [5.41, 5.74) is -0.0628. The molecule has 0 aliphatic rings. The molecule has 1 aromatic carbocycles. The van der Waals surface area contributed by atoms with Gasteiger partial charge in [0, 0.05) is 11.4 Å². The number of aliphatic hydroxyl groups is 1. The van der Waals surface area contributed by atoms with Gasteiger partial charge in [0.15, 0.2) is 0 Å². The lowest BCUT2D eigenvalue weighted by atomic mass is 10.1. The molecule has 0 aromatic heterocycles. The van der Waals surface area contributed by atoms with Crippen molar-refractivity contribution in [3.63, 3.8) is 0 Å². The van der Waals surface area contributed by atoms with E-state index in [-0.39, 0.29) is 10.6 Å². The molecule has 0 heterocycles. The molecule has 1 nitrogen and oxygen atoms in total. The SMILES string of the molecule is OC(Cc1ccc(Cl)cc1F)C(F)(F)Cl. The Bertz CT molecular complexity index is 352. The summed E-state index contributed by atoms with van der Waals surface area (Å²) < 4.78 is 37.9. The summed E-state index contributed by atoms with van der Waals surface area (Å²) in [6, 6.07) is 3.55. The summed E-state index contributed by atoms with van der Waals surface area (Å²) in [5.74, 6) is -0.748. The van der Waals surface area contributed by atoms with Gasteiger partial charge < -0.3 is 5.11 Å². The first-order chi connectivity index (χ1) is 6.80. The molecule has 0 fully saturated rings. The molecule has 1 rings (SSSR count). The second-order valence-corrected chi connectivity index (χ2v) is 3.94. The highest BCUT2D eigenvalue weighted by molar-refractivity contribution is 6.30. The number of alkyl halides is 3. The van der Waals surface area contributed by atoms with E-state index in [9.17, 15) is 13.2 Å². The maximum Gasteiger partial charge on any atom is 0.347 e. The maximum atomic E-state index is 13.1. The van der Waals surface area contributed by atoms with Crippen molar-refractivity contribution in [2.45, 2.75) is 17.9 Å². The van der Waals surface area contributed by atoms with E-state index < -0.39 is 23.7 Å². The predicted molar refractivity (Wildman–Crippen MR) is 51.9 cm³/mol. The quantitative estimate of drug-likeness (QED) is 0.826. The van der Waals surface area contributed by atoms with E-state index in [4.69, 9.17) is 16.7 Å². The van der Waals surface area contributed by atoms with Gasteiger partial charge in [-0.25, -0.2) is 4.39 Å². The van der Waals surface area contributed by atoms with Crippen LogP contribution in [0.4, 0.5) is 13.2 Å². The summed E-state index contributed by atoms with van der Waals surface area (Å²) >= 11 is 10.1. The van der Waals surface area contributed by atoms with Gasteiger partial charge in [-0.3, -0.25) is 0 Å². The van der Waals surface area contributed by atoms with Crippen LogP contribution in [0.15, 0.2) is 18.2 Å². The van der Waals surface area contributed by atoms with Crippen LogP contribution in [0.5, 0.6) is 0 Å². The molecule has 0 bridgehead atoms. The van der Waals surface area contributed by atoms with Crippen LogP contribution < -0.4 is 0 Å². The van der Waals surface area contributed by atoms with Gasteiger partial charge in [-0.05, 0) is 29.3 Å². The van der Waals surface area contributed by atoms with Gasteiger partial charge in [0.25, 0.3) is 0 Å². The molecular formula is C9H7Cl2F3O. The number of rotatable bonds is 3. The fourth-order valence-electron chi connectivity index (χ4n) is 1.01. The highest BCUT2D eigenvalue weighted by atomic mass is 35.5. The minimum atomic E-state index is -3.77. The highest BCUT2D eigenvalue weighted by Crippen LogP contribution is 2.27. The van der Waals surface area contributed by atoms with Crippen LogP contribution in [-0.2, 0) is 6.42 Å². The predicted octanol–water partition coefficient (Wildman–Crippen LogP) is 3.21. The molecular weight excluding hydrogens is 252 g/mol. The van der Waals surface area contributed by atoms with Crippen molar-refractivity contribution >= 4 is 23.2 Å². The van der Waals surface area contributed by atoms with Crippen molar-refractivity contribution in [2.24, 2.45) is 0 Å². The van der Waals surface area contributed by atoms with E-state index >= 15 is 0 Å². The monoisotopic (exact) mass is 258 g/mol. The molecule has 6 heteroatoms. The normalized spacial score (nSPS) is 14.0. The fourth-order valence-corrected chi connectivity index (χ4v) is 1.25. The molecule has 15 heavy (non-hydrogen) atoms. The van der Waals surface area contributed by atoms with Crippen molar-refractivity contribution in [3.05, 3.63) is 34.6 Å². The second kappa shape index (κ2) is 4.60. The van der Waals surface area contributed by atoms with E-state index in [0.29, 0.717) is 0 Å². The Morgan fingerprint density at radius 3 is 2.47 bits per heavy atom. The fraction of sp³-hybridized carbons (Fsp3) is 0.333. The van der Waals surface area contributed by atoms with Crippen LogP contribution in [0, 0.1) is 5.82 Å². The van der Waals surface area contributed by atoms with Crippen LogP contribution in [0.3, 0.4) is 0 Å². The van der Waals surface area contributed by atoms with E-state index in [1.807, 2.05) is 0 Å². The van der Waals surface area contributed by atoms with Gasteiger partial charge in [-0.15, -0.1) is 0 Å². The van der Waals surface area contributed by atoms with Gasteiger partial charge >= 0.3 is 5.38 Å². The molecule has 0 saturated heterocycles. The van der Waals surface area contributed by atoms with Crippen molar-refractivity contribution in [2.75, 3.05) is 0 Å². The summed E-state index contributed by atoms with van der Waals surface area (Å²) in [6.07, 6.45) is -2.70. The van der Waals surface area contributed by atoms with Crippen molar-refractivity contribution < 1.29 is 18.3 Å². The van der Waals surface area contributed by atoms with Crippen LogP contribution >= 0.6 is 23.2 Å². The minimum absolute atomic E-state index is 0.0628. The Morgan fingerprint density at radius 1 is 1.40 bits per heavy atom. The average Bonchev–Trinajstić information content (AvgIpc) is 2.08. The van der Waals surface area contributed by atoms with E-state index in [2.05, 4.69) is 11.6 Å². The topological polar surface area (TPSA) is 20.2 Å². The zero-order chi connectivity index (χ0) is 11.6. The smallest absolute Gasteiger partial charge is 0.347 e. The number of hydrogen-bond acceptors (Lipinski definition) is 1. The Hall–Kier alpha value is -0.450. The third-order valence-corrected chi connectivity index (χ3v) is 2.29. The summed E-state index contributed by atoms with van der Waals surface area (Å²) in [5, 5.41) is 5.34. The van der Waals surface area contributed by atoms with Crippen LogP contribution in [0.2, 0.25) is 5.02 Å².